The van der Waals surface area contributed by atoms with E-state index in [9.17, 15) is 19.2 Å². The van der Waals surface area contributed by atoms with Gasteiger partial charge in [-0.05, 0) is 25.0 Å². The molecule has 148 valence electrons. The number of carbonyl (C=O) groups excluding carboxylic acids is 3. The van der Waals surface area contributed by atoms with Crippen molar-refractivity contribution in [3.63, 3.8) is 0 Å². The number of urea groups is 1. The van der Waals surface area contributed by atoms with Crippen molar-refractivity contribution >= 4 is 28.7 Å². The largest absolute Gasteiger partial charge is 0.337 e. The summed E-state index contributed by atoms with van der Waals surface area (Å²) in [7, 11) is 1.53. The summed E-state index contributed by atoms with van der Waals surface area (Å²) in [6, 6.07) is 6.36. The zero-order valence-corrected chi connectivity index (χ0v) is 16.1. The Kier molecular flexibility index (Phi) is 5.17. The Hall–Kier alpha value is -3.23. The number of amides is 4. The number of nitrogens with zero attached hydrogens (tertiary/aromatic N) is 3. The summed E-state index contributed by atoms with van der Waals surface area (Å²) in [6.07, 6.45) is 0.910. The molecule has 0 bridgehead atoms. The molecule has 1 aliphatic rings. The van der Waals surface area contributed by atoms with Gasteiger partial charge >= 0.3 is 6.03 Å². The van der Waals surface area contributed by atoms with Gasteiger partial charge in [0.25, 0.3) is 11.5 Å². The minimum atomic E-state index is -0.943. The number of imide groups is 1. The van der Waals surface area contributed by atoms with E-state index in [0.29, 0.717) is 29.6 Å². The summed E-state index contributed by atoms with van der Waals surface area (Å²) in [5.41, 5.74) is -0.695. The molecule has 2 heterocycles. The summed E-state index contributed by atoms with van der Waals surface area (Å²) in [5, 5.41) is 3.16. The second kappa shape index (κ2) is 7.41. The normalized spacial score (nSPS) is 15.8. The minimum Gasteiger partial charge on any atom is -0.337 e. The molecule has 0 spiro atoms. The Morgan fingerprint density at radius 3 is 2.50 bits per heavy atom. The van der Waals surface area contributed by atoms with Crippen molar-refractivity contribution in [2.45, 2.75) is 38.8 Å². The maximum absolute atomic E-state index is 12.6. The fraction of sp³-hybridized carbons (Fsp3) is 0.421. The summed E-state index contributed by atoms with van der Waals surface area (Å²) < 4.78 is 0. The van der Waals surface area contributed by atoms with Crippen molar-refractivity contribution in [1.82, 2.24) is 25.1 Å². The number of likely N-dealkylation sites (N-methyl/N-ethyl adjacent to an activating group) is 1. The summed E-state index contributed by atoms with van der Waals surface area (Å²) in [4.78, 5) is 58.8. The predicted molar refractivity (Wildman–Crippen MR) is 102 cm³/mol. The number of rotatable bonds is 6. The van der Waals surface area contributed by atoms with Crippen LogP contribution in [0.5, 0.6) is 0 Å². The molecule has 9 heteroatoms. The van der Waals surface area contributed by atoms with Crippen LogP contribution in [0.2, 0.25) is 0 Å². The van der Waals surface area contributed by atoms with Crippen LogP contribution >= 0.6 is 0 Å². The molecule has 1 aromatic carbocycles. The fourth-order valence-corrected chi connectivity index (χ4v) is 3.33. The molecule has 0 saturated carbocycles. The highest BCUT2D eigenvalue weighted by Gasteiger charge is 2.49. The molecule has 0 unspecified atom stereocenters. The van der Waals surface area contributed by atoms with Crippen LogP contribution in [-0.4, -0.2) is 56.7 Å². The highest BCUT2D eigenvalue weighted by molar-refractivity contribution is 6.08. The zero-order chi connectivity index (χ0) is 20.5. The summed E-state index contributed by atoms with van der Waals surface area (Å²) in [5.74, 6) is -0.489. The van der Waals surface area contributed by atoms with Gasteiger partial charge in [0.1, 0.15) is 17.9 Å². The highest BCUT2D eigenvalue weighted by atomic mass is 16.2. The van der Waals surface area contributed by atoms with Crippen LogP contribution < -0.4 is 10.9 Å². The topological polar surface area (TPSA) is 115 Å². The zero-order valence-electron chi connectivity index (χ0n) is 16.1. The van der Waals surface area contributed by atoms with E-state index in [4.69, 9.17) is 0 Å². The van der Waals surface area contributed by atoms with E-state index in [1.807, 2.05) is 13.8 Å². The first-order valence-corrected chi connectivity index (χ1v) is 9.17. The monoisotopic (exact) mass is 385 g/mol. The SMILES string of the molecule is CCC1(CC)NC(=O)N(CC(=O)N(C)Cc2nc3ccccc3c(=O)[nH]2)C1=O. The van der Waals surface area contributed by atoms with Crippen molar-refractivity contribution in [3.8, 4) is 0 Å². The van der Waals surface area contributed by atoms with Gasteiger partial charge in [0.2, 0.25) is 5.91 Å². The number of H-pyrrole nitrogens is 1. The van der Waals surface area contributed by atoms with E-state index in [1.54, 1.807) is 24.3 Å². The number of benzene rings is 1. The Morgan fingerprint density at radius 2 is 1.86 bits per heavy atom. The van der Waals surface area contributed by atoms with E-state index >= 15 is 0 Å². The van der Waals surface area contributed by atoms with E-state index in [1.165, 1.54) is 11.9 Å². The number of aromatic amines is 1. The first-order chi connectivity index (χ1) is 13.3. The average Bonchev–Trinajstić information content (AvgIpc) is 2.92. The van der Waals surface area contributed by atoms with Gasteiger partial charge in [0.15, 0.2) is 0 Å². The van der Waals surface area contributed by atoms with E-state index in [0.717, 1.165) is 4.90 Å². The van der Waals surface area contributed by atoms with Gasteiger partial charge in [-0.3, -0.25) is 19.3 Å². The molecule has 0 atom stereocenters. The number of para-hydroxylation sites is 1. The predicted octanol–water partition coefficient (Wildman–Crippen LogP) is 0.992. The fourth-order valence-electron chi connectivity index (χ4n) is 3.33. The van der Waals surface area contributed by atoms with Gasteiger partial charge in [-0.15, -0.1) is 0 Å². The molecular formula is C19H23N5O4. The van der Waals surface area contributed by atoms with Gasteiger partial charge in [0.05, 0.1) is 17.4 Å². The van der Waals surface area contributed by atoms with Crippen LogP contribution in [0.4, 0.5) is 4.79 Å². The maximum atomic E-state index is 12.6. The molecule has 4 amide bonds. The molecule has 2 N–H and O–H groups in total. The Morgan fingerprint density at radius 1 is 1.18 bits per heavy atom. The molecular weight excluding hydrogens is 362 g/mol. The van der Waals surface area contributed by atoms with Crippen LogP contribution in [0.25, 0.3) is 10.9 Å². The van der Waals surface area contributed by atoms with Crippen molar-refractivity contribution in [3.05, 3.63) is 40.4 Å². The molecule has 1 aliphatic heterocycles. The second-order valence-corrected chi connectivity index (χ2v) is 6.89. The number of hydrogen-bond acceptors (Lipinski definition) is 5. The van der Waals surface area contributed by atoms with Gasteiger partial charge in [0, 0.05) is 7.05 Å². The first-order valence-electron chi connectivity index (χ1n) is 9.17. The number of aromatic nitrogens is 2. The third-order valence-electron chi connectivity index (χ3n) is 5.22. The standard InChI is InChI=1S/C19H23N5O4/c1-4-19(5-2)17(27)24(18(28)22-19)11-15(25)23(3)10-14-20-13-9-7-6-8-12(13)16(26)21-14/h6-9H,4-5,10-11H2,1-3H3,(H,22,28)(H,20,21,26). The first kappa shape index (κ1) is 19.5. The second-order valence-electron chi connectivity index (χ2n) is 6.89. The Bertz CT molecular complexity index is 995. The lowest BCUT2D eigenvalue weighted by atomic mass is 9.93. The molecule has 1 fully saturated rings. The van der Waals surface area contributed by atoms with Gasteiger partial charge in [-0.25, -0.2) is 9.78 Å². The van der Waals surface area contributed by atoms with Crippen molar-refractivity contribution in [2.75, 3.05) is 13.6 Å². The lowest BCUT2D eigenvalue weighted by Gasteiger charge is -2.24. The Balaban J connectivity index is 1.73. The average molecular weight is 385 g/mol. The number of carbonyl (C=O) groups is 3. The quantitative estimate of drug-likeness (QED) is 0.720. The van der Waals surface area contributed by atoms with Crippen molar-refractivity contribution < 1.29 is 14.4 Å². The van der Waals surface area contributed by atoms with Crippen LogP contribution in [-0.2, 0) is 16.1 Å². The van der Waals surface area contributed by atoms with Crippen LogP contribution in [0.15, 0.2) is 29.1 Å². The molecule has 1 aromatic heterocycles. The molecule has 2 aromatic rings. The molecule has 3 rings (SSSR count). The molecule has 0 aliphatic carbocycles. The van der Waals surface area contributed by atoms with Gasteiger partial charge in [-0.1, -0.05) is 26.0 Å². The number of fused-ring (bicyclic) bond motifs is 1. The molecule has 9 nitrogen and oxygen atoms in total. The lowest BCUT2D eigenvalue weighted by Crippen LogP contribution is -2.46. The summed E-state index contributed by atoms with van der Waals surface area (Å²) in [6.45, 7) is 3.33. The van der Waals surface area contributed by atoms with E-state index in [-0.39, 0.29) is 24.6 Å². The molecule has 1 saturated heterocycles. The van der Waals surface area contributed by atoms with Gasteiger partial charge < -0.3 is 15.2 Å². The third-order valence-corrected chi connectivity index (χ3v) is 5.22. The number of hydrogen-bond donors (Lipinski definition) is 2. The smallest absolute Gasteiger partial charge is 0.325 e. The molecule has 0 radical (unpaired) electrons. The van der Waals surface area contributed by atoms with Crippen LogP contribution in [0.3, 0.4) is 0 Å². The Labute approximate surface area is 161 Å². The van der Waals surface area contributed by atoms with Crippen molar-refractivity contribution in [1.29, 1.82) is 0 Å². The van der Waals surface area contributed by atoms with Gasteiger partial charge in [-0.2, -0.15) is 0 Å². The maximum Gasteiger partial charge on any atom is 0.325 e. The van der Waals surface area contributed by atoms with Crippen LogP contribution in [0, 0.1) is 0 Å². The highest BCUT2D eigenvalue weighted by Crippen LogP contribution is 2.24. The number of nitrogens with one attached hydrogen (secondary N) is 2. The van der Waals surface area contributed by atoms with E-state index < -0.39 is 17.5 Å². The third kappa shape index (κ3) is 3.35. The summed E-state index contributed by atoms with van der Waals surface area (Å²) >= 11 is 0. The minimum absolute atomic E-state index is 0.0508. The lowest BCUT2D eigenvalue weighted by molar-refractivity contribution is -0.138. The van der Waals surface area contributed by atoms with E-state index in [2.05, 4.69) is 15.3 Å². The molecule has 28 heavy (non-hydrogen) atoms. The van der Waals surface area contributed by atoms with Crippen molar-refractivity contribution in [2.24, 2.45) is 0 Å². The van der Waals surface area contributed by atoms with Crippen LogP contribution in [0.1, 0.15) is 32.5 Å².